The number of ketones is 1. The average Bonchev–Trinajstić information content (AvgIpc) is 2.98. The predicted octanol–water partition coefficient (Wildman–Crippen LogP) is 5.00. The normalized spacial score (nSPS) is 52.0. The Morgan fingerprint density at radius 3 is 2.52 bits per heavy atom. The molecule has 1 N–H and O–H groups in total. The van der Waals surface area contributed by atoms with E-state index in [1.54, 1.807) is 0 Å². The smallest absolute Gasteiger partial charge is 0.136 e. The first-order chi connectivity index (χ1) is 12.8. The molecule has 0 unspecified atom stereocenters. The van der Waals surface area contributed by atoms with Crippen molar-refractivity contribution >= 4 is 5.78 Å². The van der Waals surface area contributed by atoms with Gasteiger partial charge >= 0.3 is 0 Å². The summed E-state index contributed by atoms with van der Waals surface area (Å²) in [5.74, 6) is 3.60. The van der Waals surface area contributed by atoms with E-state index in [2.05, 4.69) is 6.92 Å². The molecule has 8 atom stereocenters. The van der Waals surface area contributed by atoms with E-state index < -0.39 is 5.60 Å². The Balaban J connectivity index is 1.63. The van der Waals surface area contributed by atoms with E-state index in [0.717, 1.165) is 44.1 Å². The molecule has 0 aliphatic heterocycles. The predicted molar refractivity (Wildman–Crippen MR) is 107 cm³/mol. The van der Waals surface area contributed by atoms with Gasteiger partial charge in [-0.25, -0.2) is 0 Å². The number of Topliss-reactive ketones (excluding diaryl/α,β-unsaturated/α-hetero) is 1. The minimum atomic E-state index is -0.496. The quantitative estimate of drug-likeness (QED) is 0.751. The van der Waals surface area contributed by atoms with E-state index in [-0.39, 0.29) is 10.8 Å². The van der Waals surface area contributed by atoms with Gasteiger partial charge in [-0.3, -0.25) is 4.79 Å². The summed E-state index contributed by atoms with van der Waals surface area (Å²) in [5, 5.41) is 10.7. The molecule has 0 amide bonds. The van der Waals surface area contributed by atoms with E-state index in [0.29, 0.717) is 30.0 Å². The lowest BCUT2D eigenvalue weighted by molar-refractivity contribution is -0.175. The molecule has 0 saturated heterocycles. The highest BCUT2D eigenvalue weighted by Gasteiger charge is 2.62. The average molecular weight is 377 g/mol. The van der Waals surface area contributed by atoms with Crippen LogP contribution in [-0.4, -0.2) is 30.2 Å². The van der Waals surface area contributed by atoms with Crippen LogP contribution in [-0.2, 0) is 9.53 Å². The Hall–Kier alpha value is -0.410. The first kappa shape index (κ1) is 19.9. The molecular formula is C24H40O3. The van der Waals surface area contributed by atoms with Crippen LogP contribution < -0.4 is 0 Å². The van der Waals surface area contributed by atoms with Crippen molar-refractivity contribution in [3.8, 4) is 0 Å². The van der Waals surface area contributed by atoms with Crippen LogP contribution in [0.25, 0.3) is 0 Å². The highest BCUT2D eigenvalue weighted by Crippen LogP contribution is 2.68. The van der Waals surface area contributed by atoms with Crippen LogP contribution in [0.5, 0.6) is 0 Å². The monoisotopic (exact) mass is 376 g/mol. The maximum absolute atomic E-state index is 12.7. The molecule has 0 bridgehead atoms. The summed E-state index contributed by atoms with van der Waals surface area (Å²) < 4.78 is 5.84. The van der Waals surface area contributed by atoms with Crippen LogP contribution in [0.15, 0.2) is 0 Å². The molecule has 0 aromatic rings. The molecule has 3 nitrogen and oxygen atoms in total. The molecule has 0 aromatic carbocycles. The van der Waals surface area contributed by atoms with Gasteiger partial charge in [0.15, 0.2) is 0 Å². The Morgan fingerprint density at radius 2 is 1.81 bits per heavy atom. The molecule has 4 aliphatic carbocycles. The van der Waals surface area contributed by atoms with E-state index >= 15 is 0 Å². The van der Waals surface area contributed by atoms with Gasteiger partial charge in [-0.05, 0) is 99.2 Å². The van der Waals surface area contributed by atoms with Crippen molar-refractivity contribution < 1.29 is 14.6 Å². The molecule has 4 rings (SSSR count). The topological polar surface area (TPSA) is 46.5 Å². The minimum Gasteiger partial charge on any atom is -0.390 e. The van der Waals surface area contributed by atoms with Gasteiger partial charge < -0.3 is 9.84 Å². The molecule has 0 spiro atoms. The number of ether oxygens (including phenoxy) is 1. The van der Waals surface area contributed by atoms with Crippen LogP contribution in [0.1, 0.15) is 85.0 Å². The number of rotatable bonds is 4. The van der Waals surface area contributed by atoms with Gasteiger partial charge in [-0.2, -0.15) is 0 Å². The zero-order valence-corrected chi connectivity index (χ0v) is 17.9. The third kappa shape index (κ3) is 2.94. The van der Waals surface area contributed by atoms with Crippen LogP contribution in [0.3, 0.4) is 0 Å². The lowest BCUT2D eigenvalue weighted by atomic mass is 9.43. The molecule has 27 heavy (non-hydrogen) atoms. The van der Waals surface area contributed by atoms with Gasteiger partial charge in [0, 0.05) is 19.4 Å². The number of methoxy groups -OCH3 is 1. The van der Waals surface area contributed by atoms with E-state index in [9.17, 15) is 9.90 Å². The number of fused-ring (bicyclic) bond motifs is 5. The van der Waals surface area contributed by atoms with Crippen LogP contribution in [0, 0.1) is 40.4 Å². The molecule has 3 heteroatoms. The molecule has 0 heterocycles. The lowest BCUT2D eigenvalue weighted by Gasteiger charge is -2.62. The molecule has 4 fully saturated rings. The van der Waals surface area contributed by atoms with Crippen molar-refractivity contribution in [3.05, 3.63) is 0 Å². The van der Waals surface area contributed by atoms with Crippen molar-refractivity contribution in [2.45, 2.75) is 90.6 Å². The maximum atomic E-state index is 12.7. The molecule has 0 radical (unpaired) electrons. The van der Waals surface area contributed by atoms with Gasteiger partial charge in [0.25, 0.3) is 0 Å². The molecule has 4 saturated carbocycles. The number of carbonyl (C=O) groups is 1. The summed E-state index contributed by atoms with van der Waals surface area (Å²) in [6, 6.07) is 0. The second-order valence-corrected chi connectivity index (χ2v) is 11.0. The Morgan fingerprint density at radius 1 is 1.04 bits per heavy atom. The molecular weight excluding hydrogens is 336 g/mol. The second kappa shape index (κ2) is 6.83. The van der Waals surface area contributed by atoms with Gasteiger partial charge in [0.2, 0.25) is 0 Å². The van der Waals surface area contributed by atoms with Crippen molar-refractivity contribution in [3.63, 3.8) is 0 Å². The minimum absolute atomic E-state index is 0.232. The number of aliphatic hydroxyl groups is 1. The third-order valence-corrected chi connectivity index (χ3v) is 9.80. The SMILES string of the molecule is CCC(=O)[C@H]1CC[C@H]2[C@@H]3CC[C@H]4C[C@](C)(O)CC[C@]4(COC)[C@H]3CC[C@]12C. The highest BCUT2D eigenvalue weighted by molar-refractivity contribution is 5.82. The fourth-order valence-electron chi connectivity index (χ4n) is 8.56. The molecule has 4 aliphatic rings. The van der Waals surface area contributed by atoms with E-state index in [1.165, 1.54) is 32.1 Å². The van der Waals surface area contributed by atoms with Gasteiger partial charge in [-0.1, -0.05) is 13.8 Å². The zero-order valence-electron chi connectivity index (χ0n) is 17.9. The van der Waals surface area contributed by atoms with Crippen LogP contribution >= 0.6 is 0 Å². The van der Waals surface area contributed by atoms with Crippen molar-refractivity contribution in [1.29, 1.82) is 0 Å². The van der Waals surface area contributed by atoms with Crippen LogP contribution in [0.2, 0.25) is 0 Å². The van der Waals surface area contributed by atoms with Gasteiger partial charge in [0.05, 0.1) is 12.2 Å². The maximum Gasteiger partial charge on any atom is 0.136 e. The Kier molecular flexibility index (Phi) is 5.03. The Bertz CT molecular complexity index is 584. The van der Waals surface area contributed by atoms with Crippen LogP contribution in [0.4, 0.5) is 0 Å². The number of hydrogen-bond donors (Lipinski definition) is 1. The summed E-state index contributed by atoms with van der Waals surface area (Å²) >= 11 is 0. The highest BCUT2D eigenvalue weighted by atomic mass is 16.5. The largest absolute Gasteiger partial charge is 0.390 e. The summed E-state index contributed by atoms with van der Waals surface area (Å²) in [4.78, 5) is 12.7. The molecule has 154 valence electrons. The lowest BCUT2D eigenvalue weighted by Crippen LogP contribution is -2.58. The Labute approximate surface area is 165 Å². The first-order valence-electron chi connectivity index (χ1n) is 11.5. The summed E-state index contributed by atoms with van der Waals surface area (Å²) in [7, 11) is 1.86. The van der Waals surface area contributed by atoms with Crippen molar-refractivity contribution in [2.24, 2.45) is 40.4 Å². The van der Waals surface area contributed by atoms with Gasteiger partial charge in [0.1, 0.15) is 5.78 Å². The van der Waals surface area contributed by atoms with Crippen molar-refractivity contribution in [2.75, 3.05) is 13.7 Å². The van der Waals surface area contributed by atoms with E-state index in [1.807, 2.05) is 21.0 Å². The van der Waals surface area contributed by atoms with Crippen molar-refractivity contribution in [1.82, 2.24) is 0 Å². The number of hydrogen-bond acceptors (Lipinski definition) is 3. The summed E-state index contributed by atoms with van der Waals surface area (Å²) in [5.41, 5.74) is -0.00642. The molecule has 0 aromatic heterocycles. The zero-order chi connectivity index (χ0) is 19.4. The summed E-state index contributed by atoms with van der Waals surface area (Å²) in [6.45, 7) is 7.37. The standard InChI is InChI=1S/C24H40O3/c1-5-21(25)20-9-8-18-17-7-6-16-14-22(2,26)12-13-24(16,15-27-4)19(17)10-11-23(18,20)3/h16-20,26H,5-15H2,1-4H3/t16-,17-,18-,19-,20+,22+,23-,24+/m0/s1. The first-order valence-corrected chi connectivity index (χ1v) is 11.5. The van der Waals surface area contributed by atoms with Gasteiger partial charge in [-0.15, -0.1) is 0 Å². The fraction of sp³-hybridized carbons (Fsp3) is 0.958. The number of carbonyl (C=O) groups excluding carboxylic acids is 1. The van der Waals surface area contributed by atoms with E-state index in [4.69, 9.17) is 4.74 Å². The third-order valence-electron chi connectivity index (χ3n) is 9.80. The summed E-state index contributed by atoms with van der Waals surface area (Å²) in [6.07, 6.45) is 11.0. The fourth-order valence-corrected chi connectivity index (χ4v) is 8.56. The second-order valence-electron chi connectivity index (χ2n) is 11.0.